The van der Waals surface area contributed by atoms with Crippen LogP contribution >= 0.6 is 0 Å². The first-order valence-electron chi connectivity index (χ1n) is 9.32. The zero-order chi connectivity index (χ0) is 21.0. The SMILES string of the molecule is CC[C@H](O)Cn1nc(-c2cc(CC(=O)O)ccc2OC)cc1-c1cccc(F)c1. The topological polar surface area (TPSA) is 84.6 Å². The molecular formula is C22H23FN2O4. The maximum atomic E-state index is 13.8. The van der Waals surface area contributed by atoms with E-state index in [1.165, 1.54) is 19.2 Å². The average molecular weight is 398 g/mol. The van der Waals surface area contributed by atoms with Gasteiger partial charge in [0, 0.05) is 11.1 Å². The number of aliphatic hydroxyl groups is 1. The molecule has 152 valence electrons. The molecule has 0 saturated carbocycles. The predicted molar refractivity (Wildman–Crippen MR) is 107 cm³/mol. The van der Waals surface area contributed by atoms with Crippen LogP contribution in [0.5, 0.6) is 5.75 Å². The number of aliphatic hydroxyl groups excluding tert-OH is 1. The van der Waals surface area contributed by atoms with Gasteiger partial charge in [0.05, 0.1) is 37.6 Å². The number of nitrogens with zero attached hydrogens (tertiary/aromatic N) is 2. The van der Waals surface area contributed by atoms with Crippen molar-refractivity contribution in [1.82, 2.24) is 9.78 Å². The molecule has 0 fully saturated rings. The van der Waals surface area contributed by atoms with E-state index in [-0.39, 0.29) is 18.8 Å². The summed E-state index contributed by atoms with van der Waals surface area (Å²) in [5.41, 5.74) is 3.08. The Hall–Kier alpha value is -3.19. The van der Waals surface area contributed by atoms with E-state index < -0.39 is 12.1 Å². The maximum Gasteiger partial charge on any atom is 0.307 e. The zero-order valence-electron chi connectivity index (χ0n) is 16.3. The molecule has 1 heterocycles. The molecule has 0 bridgehead atoms. The molecule has 0 aliphatic carbocycles. The second kappa shape index (κ2) is 8.87. The van der Waals surface area contributed by atoms with Crippen LogP contribution in [0.3, 0.4) is 0 Å². The molecule has 0 aliphatic rings. The molecular weight excluding hydrogens is 375 g/mol. The minimum atomic E-state index is -0.932. The van der Waals surface area contributed by atoms with Crippen LogP contribution in [-0.4, -0.2) is 39.2 Å². The van der Waals surface area contributed by atoms with Crippen molar-refractivity contribution >= 4 is 5.97 Å². The largest absolute Gasteiger partial charge is 0.496 e. The van der Waals surface area contributed by atoms with Crippen LogP contribution in [0.1, 0.15) is 18.9 Å². The van der Waals surface area contributed by atoms with Crippen molar-refractivity contribution in [2.75, 3.05) is 7.11 Å². The summed E-state index contributed by atoms with van der Waals surface area (Å²) in [6.45, 7) is 2.12. The van der Waals surface area contributed by atoms with Crippen molar-refractivity contribution in [2.24, 2.45) is 0 Å². The van der Waals surface area contributed by atoms with E-state index in [4.69, 9.17) is 9.84 Å². The highest BCUT2D eigenvalue weighted by Gasteiger charge is 2.18. The van der Waals surface area contributed by atoms with Crippen molar-refractivity contribution < 1.29 is 24.1 Å². The van der Waals surface area contributed by atoms with E-state index >= 15 is 0 Å². The third-order valence-corrected chi connectivity index (χ3v) is 4.65. The lowest BCUT2D eigenvalue weighted by Crippen LogP contribution is -2.16. The van der Waals surface area contributed by atoms with Crippen molar-refractivity contribution in [3.8, 4) is 28.3 Å². The molecule has 3 rings (SSSR count). The standard InChI is InChI=1S/C22H23FN2O4/c1-3-17(26)13-25-20(15-5-4-6-16(23)11-15)12-19(24-25)18-9-14(10-22(27)28)7-8-21(18)29-2/h4-9,11-12,17,26H,3,10,13H2,1-2H3,(H,27,28)/t17-/m0/s1. The number of benzene rings is 2. The third kappa shape index (κ3) is 4.81. The van der Waals surface area contributed by atoms with E-state index in [1.54, 1.807) is 41.1 Å². The molecule has 7 heteroatoms. The van der Waals surface area contributed by atoms with Crippen molar-refractivity contribution in [3.05, 3.63) is 59.9 Å². The van der Waals surface area contributed by atoms with Gasteiger partial charge in [-0.3, -0.25) is 9.48 Å². The number of carboxylic acids is 1. The first-order chi connectivity index (χ1) is 13.9. The smallest absolute Gasteiger partial charge is 0.307 e. The van der Waals surface area contributed by atoms with Crippen LogP contribution in [0, 0.1) is 5.82 Å². The minimum absolute atomic E-state index is 0.122. The maximum absolute atomic E-state index is 13.8. The van der Waals surface area contributed by atoms with E-state index in [2.05, 4.69) is 5.10 Å². The Morgan fingerprint density at radius 1 is 1.24 bits per heavy atom. The van der Waals surface area contributed by atoms with Gasteiger partial charge in [0.25, 0.3) is 0 Å². The molecule has 0 spiro atoms. The van der Waals surface area contributed by atoms with Crippen molar-refractivity contribution in [2.45, 2.75) is 32.4 Å². The van der Waals surface area contributed by atoms with E-state index in [0.29, 0.717) is 40.2 Å². The Morgan fingerprint density at radius 3 is 2.69 bits per heavy atom. The van der Waals surface area contributed by atoms with E-state index in [9.17, 15) is 14.3 Å². The first-order valence-corrected chi connectivity index (χ1v) is 9.32. The number of carboxylic acid groups (broad SMARTS) is 1. The summed E-state index contributed by atoms with van der Waals surface area (Å²) in [4.78, 5) is 11.1. The quantitative estimate of drug-likeness (QED) is 0.604. The van der Waals surface area contributed by atoms with Gasteiger partial charge in [-0.15, -0.1) is 0 Å². The van der Waals surface area contributed by atoms with Crippen LogP contribution < -0.4 is 4.74 Å². The molecule has 0 radical (unpaired) electrons. The molecule has 1 atom stereocenters. The van der Waals surface area contributed by atoms with Crippen molar-refractivity contribution in [3.63, 3.8) is 0 Å². The fourth-order valence-corrected chi connectivity index (χ4v) is 3.14. The molecule has 6 nitrogen and oxygen atoms in total. The molecule has 0 amide bonds. The fourth-order valence-electron chi connectivity index (χ4n) is 3.14. The zero-order valence-corrected chi connectivity index (χ0v) is 16.3. The number of rotatable bonds is 8. The van der Waals surface area contributed by atoms with Gasteiger partial charge in [0.15, 0.2) is 0 Å². The summed E-state index contributed by atoms with van der Waals surface area (Å²) in [7, 11) is 1.53. The Bertz CT molecular complexity index is 1020. The third-order valence-electron chi connectivity index (χ3n) is 4.65. The molecule has 1 aromatic heterocycles. The summed E-state index contributed by atoms with van der Waals surface area (Å²) in [6, 6.07) is 13.1. The summed E-state index contributed by atoms with van der Waals surface area (Å²) in [5.74, 6) is -0.752. The summed E-state index contributed by atoms with van der Waals surface area (Å²) < 4.78 is 20.9. The highest BCUT2D eigenvalue weighted by molar-refractivity contribution is 5.76. The normalized spacial score (nSPS) is 12.0. The number of carbonyl (C=O) groups is 1. The van der Waals surface area contributed by atoms with Gasteiger partial charge >= 0.3 is 5.97 Å². The highest BCUT2D eigenvalue weighted by Crippen LogP contribution is 2.33. The van der Waals surface area contributed by atoms with E-state index in [0.717, 1.165) is 0 Å². The van der Waals surface area contributed by atoms with Crippen LogP contribution in [0.4, 0.5) is 4.39 Å². The van der Waals surface area contributed by atoms with E-state index in [1.807, 2.05) is 6.92 Å². The van der Waals surface area contributed by atoms with Crippen LogP contribution in [-0.2, 0) is 17.8 Å². The van der Waals surface area contributed by atoms with Crippen LogP contribution in [0.2, 0.25) is 0 Å². The van der Waals surface area contributed by atoms with Crippen LogP contribution in [0.15, 0.2) is 48.5 Å². The average Bonchev–Trinajstić information content (AvgIpc) is 3.11. The van der Waals surface area contributed by atoms with Gasteiger partial charge in [-0.25, -0.2) is 4.39 Å². The van der Waals surface area contributed by atoms with Crippen molar-refractivity contribution in [1.29, 1.82) is 0 Å². The minimum Gasteiger partial charge on any atom is -0.496 e. The van der Waals surface area contributed by atoms with Crippen LogP contribution in [0.25, 0.3) is 22.5 Å². The highest BCUT2D eigenvalue weighted by atomic mass is 19.1. The van der Waals surface area contributed by atoms with Gasteiger partial charge < -0.3 is 14.9 Å². The van der Waals surface area contributed by atoms with Gasteiger partial charge in [-0.05, 0) is 42.3 Å². The number of aliphatic carboxylic acids is 1. The summed E-state index contributed by atoms with van der Waals surface area (Å²) in [5, 5.41) is 23.8. The number of ether oxygens (including phenoxy) is 1. The number of aromatic nitrogens is 2. The molecule has 0 aliphatic heterocycles. The second-order valence-corrected chi connectivity index (χ2v) is 6.77. The monoisotopic (exact) mass is 398 g/mol. The number of methoxy groups -OCH3 is 1. The predicted octanol–water partition coefficient (Wildman–Crippen LogP) is 3.76. The Kier molecular flexibility index (Phi) is 6.29. The summed E-state index contributed by atoms with van der Waals surface area (Å²) in [6.07, 6.45) is -0.173. The Morgan fingerprint density at radius 2 is 2.03 bits per heavy atom. The van der Waals surface area contributed by atoms with Gasteiger partial charge in [0.1, 0.15) is 11.6 Å². The second-order valence-electron chi connectivity index (χ2n) is 6.77. The molecule has 3 aromatic rings. The fraction of sp³-hybridized carbons (Fsp3) is 0.273. The Labute approximate surface area is 168 Å². The Balaban J connectivity index is 2.13. The van der Waals surface area contributed by atoms with Gasteiger partial charge in [0.2, 0.25) is 0 Å². The lowest BCUT2D eigenvalue weighted by molar-refractivity contribution is -0.136. The first kappa shape index (κ1) is 20.5. The number of hydrogen-bond donors (Lipinski definition) is 2. The molecule has 0 unspecified atom stereocenters. The lowest BCUT2D eigenvalue weighted by atomic mass is 10.0. The summed E-state index contributed by atoms with van der Waals surface area (Å²) >= 11 is 0. The molecule has 0 saturated heterocycles. The lowest BCUT2D eigenvalue weighted by Gasteiger charge is -2.11. The van der Waals surface area contributed by atoms with Gasteiger partial charge in [-0.2, -0.15) is 5.10 Å². The van der Waals surface area contributed by atoms with Gasteiger partial charge in [-0.1, -0.05) is 25.1 Å². The molecule has 2 aromatic carbocycles. The number of halogens is 1. The number of hydrogen-bond acceptors (Lipinski definition) is 4. The molecule has 2 N–H and O–H groups in total. The molecule has 29 heavy (non-hydrogen) atoms.